The minimum atomic E-state index is 0.120. The van der Waals surface area contributed by atoms with Crippen LogP contribution in [0.25, 0.3) is 0 Å². The quantitative estimate of drug-likeness (QED) is 0.870. The maximum Gasteiger partial charge on any atom is 0.143 e. The van der Waals surface area contributed by atoms with E-state index in [2.05, 4.69) is 4.98 Å². The molecule has 0 unspecified atom stereocenters. The number of rotatable bonds is 4. The van der Waals surface area contributed by atoms with E-state index < -0.39 is 0 Å². The van der Waals surface area contributed by atoms with Gasteiger partial charge in [-0.25, -0.2) is 0 Å². The first-order chi connectivity index (χ1) is 8.24. The topological polar surface area (TPSA) is 50.2 Å². The number of pyridine rings is 1. The number of Topliss-reactive ketones (excluding diaryl/α,β-unsaturated/α-hetero) is 1. The zero-order chi connectivity index (χ0) is 12.1. The molecule has 0 fully saturated rings. The first kappa shape index (κ1) is 11.3. The molecule has 3 nitrogen and oxygen atoms in total. The van der Waals surface area contributed by atoms with Crippen molar-refractivity contribution < 1.29 is 9.90 Å². The van der Waals surface area contributed by atoms with E-state index in [0.29, 0.717) is 12.8 Å². The number of carbonyl (C=O) groups excluding carboxylic acids is 1. The number of carbonyl (C=O) groups is 1. The molecule has 1 aromatic carbocycles. The Morgan fingerprint density at radius 2 is 1.82 bits per heavy atom. The first-order valence-electron chi connectivity index (χ1n) is 5.43. The van der Waals surface area contributed by atoms with Crippen LogP contribution < -0.4 is 0 Å². The molecule has 17 heavy (non-hydrogen) atoms. The third-order valence-corrected chi connectivity index (χ3v) is 2.44. The van der Waals surface area contributed by atoms with Crippen molar-refractivity contribution in [3.05, 3.63) is 59.9 Å². The van der Waals surface area contributed by atoms with E-state index in [1.54, 1.807) is 30.5 Å². The van der Waals surface area contributed by atoms with Gasteiger partial charge in [-0.05, 0) is 29.8 Å². The molecule has 2 rings (SSSR count). The van der Waals surface area contributed by atoms with Crippen molar-refractivity contribution >= 4 is 5.78 Å². The molecule has 0 atom stereocenters. The fourth-order valence-electron chi connectivity index (χ4n) is 1.61. The molecule has 0 aliphatic heterocycles. The molecule has 1 aromatic heterocycles. The summed E-state index contributed by atoms with van der Waals surface area (Å²) < 4.78 is 0. The molecule has 0 amide bonds. The SMILES string of the molecule is O=C(Cc1ccc(O)cc1)Cc1ccccn1. The van der Waals surface area contributed by atoms with Gasteiger partial charge >= 0.3 is 0 Å². The lowest BCUT2D eigenvalue weighted by molar-refractivity contribution is -0.117. The van der Waals surface area contributed by atoms with Crippen LogP contribution in [0, 0.1) is 0 Å². The van der Waals surface area contributed by atoms with E-state index >= 15 is 0 Å². The Labute approximate surface area is 99.8 Å². The number of ketones is 1. The number of hydrogen-bond acceptors (Lipinski definition) is 3. The van der Waals surface area contributed by atoms with Gasteiger partial charge < -0.3 is 5.11 Å². The third-order valence-electron chi connectivity index (χ3n) is 2.44. The smallest absolute Gasteiger partial charge is 0.143 e. The van der Waals surface area contributed by atoms with Gasteiger partial charge in [0.2, 0.25) is 0 Å². The minimum absolute atomic E-state index is 0.120. The van der Waals surface area contributed by atoms with E-state index in [-0.39, 0.29) is 11.5 Å². The summed E-state index contributed by atoms with van der Waals surface area (Å²) in [5.41, 5.74) is 1.69. The first-order valence-corrected chi connectivity index (χ1v) is 5.43. The fourth-order valence-corrected chi connectivity index (χ4v) is 1.61. The van der Waals surface area contributed by atoms with Gasteiger partial charge in [-0.1, -0.05) is 18.2 Å². The highest BCUT2D eigenvalue weighted by Gasteiger charge is 2.05. The molecular weight excluding hydrogens is 214 g/mol. The Balaban J connectivity index is 1.96. The Morgan fingerprint density at radius 1 is 1.06 bits per heavy atom. The molecule has 0 aliphatic carbocycles. The molecule has 2 aromatic rings. The number of nitrogens with zero attached hydrogens (tertiary/aromatic N) is 1. The normalized spacial score (nSPS) is 10.1. The van der Waals surface area contributed by atoms with Crippen molar-refractivity contribution in [2.75, 3.05) is 0 Å². The highest BCUT2D eigenvalue weighted by atomic mass is 16.3. The molecule has 0 saturated heterocycles. The Morgan fingerprint density at radius 3 is 2.47 bits per heavy atom. The number of benzene rings is 1. The number of aromatic hydroxyl groups is 1. The second kappa shape index (κ2) is 5.25. The molecule has 0 bridgehead atoms. The number of phenols is 1. The van der Waals surface area contributed by atoms with Crippen molar-refractivity contribution in [3.63, 3.8) is 0 Å². The van der Waals surface area contributed by atoms with Crippen LogP contribution in [0.5, 0.6) is 5.75 Å². The van der Waals surface area contributed by atoms with Crippen LogP contribution in [-0.4, -0.2) is 15.9 Å². The van der Waals surface area contributed by atoms with Crippen LogP contribution in [0.2, 0.25) is 0 Å². The monoisotopic (exact) mass is 227 g/mol. The molecule has 1 heterocycles. The van der Waals surface area contributed by atoms with Gasteiger partial charge in [0.1, 0.15) is 11.5 Å². The van der Waals surface area contributed by atoms with E-state index in [1.165, 1.54) is 0 Å². The van der Waals surface area contributed by atoms with E-state index in [4.69, 9.17) is 5.11 Å². The van der Waals surface area contributed by atoms with Crippen molar-refractivity contribution in [3.8, 4) is 5.75 Å². The largest absolute Gasteiger partial charge is 0.508 e. The molecule has 0 radical (unpaired) electrons. The van der Waals surface area contributed by atoms with E-state index in [1.807, 2.05) is 18.2 Å². The van der Waals surface area contributed by atoms with E-state index in [9.17, 15) is 4.79 Å². The molecule has 0 saturated carbocycles. The average molecular weight is 227 g/mol. The Bertz CT molecular complexity index is 491. The summed E-state index contributed by atoms with van der Waals surface area (Å²) in [7, 11) is 0. The maximum atomic E-state index is 11.8. The molecule has 0 aliphatic rings. The molecule has 1 N–H and O–H groups in total. The van der Waals surface area contributed by atoms with Crippen molar-refractivity contribution in [1.29, 1.82) is 0 Å². The highest BCUT2D eigenvalue weighted by molar-refractivity contribution is 5.82. The summed E-state index contributed by atoms with van der Waals surface area (Å²) in [6.45, 7) is 0. The maximum absolute atomic E-state index is 11.8. The predicted molar refractivity (Wildman–Crippen MR) is 64.8 cm³/mol. The van der Waals surface area contributed by atoms with Crippen LogP contribution in [0.1, 0.15) is 11.3 Å². The fraction of sp³-hybridized carbons (Fsp3) is 0.143. The summed E-state index contributed by atoms with van der Waals surface area (Å²) in [4.78, 5) is 15.9. The molecule has 86 valence electrons. The zero-order valence-corrected chi connectivity index (χ0v) is 9.34. The van der Waals surface area contributed by atoms with Crippen molar-refractivity contribution in [2.24, 2.45) is 0 Å². The van der Waals surface area contributed by atoms with Gasteiger partial charge in [-0.3, -0.25) is 9.78 Å². The standard InChI is InChI=1S/C14H13NO2/c16-13-6-4-11(5-7-13)9-14(17)10-12-3-1-2-8-15-12/h1-8,16H,9-10H2. The Hall–Kier alpha value is -2.16. The summed E-state index contributed by atoms with van der Waals surface area (Å²) >= 11 is 0. The lowest BCUT2D eigenvalue weighted by Gasteiger charge is -2.01. The summed E-state index contributed by atoms with van der Waals surface area (Å²) in [6, 6.07) is 12.2. The van der Waals surface area contributed by atoms with Crippen LogP contribution in [-0.2, 0) is 17.6 Å². The number of phenolic OH excluding ortho intramolecular Hbond substituents is 1. The number of aromatic nitrogens is 1. The van der Waals surface area contributed by atoms with Gasteiger partial charge in [0.25, 0.3) is 0 Å². The summed E-state index contributed by atoms with van der Waals surface area (Å²) in [6.07, 6.45) is 2.40. The summed E-state index contributed by atoms with van der Waals surface area (Å²) in [5.74, 6) is 0.334. The van der Waals surface area contributed by atoms with Crippen LogP contribution in [0.4, 0.5) is 0 Å². The van der Waals surface area contributed by atoms with Gasteiger partial charge in [0.05, 0.1) is 0 Å². The lowest BCUT2D eigenvalue weighted by Crippen LogP contribution is -2.07. The van der Waals surface area contributed by atoms with E-state index in [0.717, 1.165) is 11.3 Å². The van der Waals surface area contributed by atoms with Crippen molar-refractivity contribution in [2.45, 2.75) is 12.8 Å². The molecule has 3 heteroatoms. The molecule has 0 spiro atoms. The number of hydrogen-bond donors (Lipinski definition) is 1. The molecular formula is C14H13NO2. The predicted octanol–water partition coefficient (Wildman–Crippen LogP) is 2.14. The second-order valence-corrected chi connectivity index (χ2v) is 3.88. The van der Waals surface area contributed by atoms with Gasteiger partial charge in [-0.15, -0.1) is 0 Å². The van der Waals surface area contributed by atoms with Crippen LogP contribution in [0.15, 0.2) is 48.7 Å². The second-order valence-electron chi connectivity index (χ2n) is 3.88. The van der Waals surface area contributed by atoms with Crippen molar-refractivity contribution in [1.82, 2.24) is 4.98 Å². The van der Waals surface area contributed by atoms with Gasteiger partial charge in [-0.2, -0.15) is 0 Å². The van der Waals surface area contributed by atoms with Crippen LogP contribution in [0.3, 0.4) is 0 Å². The van der Waals surface area contributed by atoms with Crippen LogP contribution >= 0.6 is 0 Å². The van der Waals surface area contributed by atoms with Gasteiger partial charge in [0, 0.05) is 24.7 Å². The lowest BCUT2D eigenvalue weighted by atomic mass is 10.1. The highest BCUT2D eigenvalue weighted by Crippen LogP contribution is 2.11. The Kier molecular flexibility index (Phi) is 3.50. The average Bonchev–Trinajstić information content (AvgIpc) is 2.33. The minimum Gasteiger partial charge on any atom is -0.508 e. The zero-order valence-electron chi connectivity index (χ0n) is 9.34. The van der Waals surface area contributed by atoms with Gasteiger partial charge in [0.15, 0.2) is 0 Å². The third kappa shape index (κ3) is 3.41. The summed E-state index contributed by atoms with van der Waals surface area (Å²) in [5, 5.41) is 9.13.